The number of hydrogen-bond donors (Lipinski definition) is 1. The van der Waals surface area contributed by atoms with Gasteiger partial charge in [-0.2, -0.15) is 0 Å². The molecule has 1 aliphatic rings. The molecule has 0 aromatic rings. The van der Waals surface area contributed by atoms with Gasteiger partial charge in [0.25, 0.3) is 0 Å². The highest BCUT2D eigenvalue weighted by atomic mass is 16.6. The third kappa shape index (κ3) is 3.45. The average molecular weight is 241 g/mol. The highest BCUT2D eigenvalue weighted by Gasteiger charge is 2.40. The van der Waals surface area contributed by atoms with Crippen molar-refractivity contribution in [3.8, 4) is 0 Å². The first-order chi connectivity index (χ1) is 8.02. The van der Waals surface area contributed by atoms with Gasteiger partial charge in [0.2, 0.25) is 0 Å². The lowest BCUT2D eigenvalue weighted by Gasteiger charge is -2.39. The number of carbonyl (C=O) groups is 2. The van der Waals surface area contributed by atoms with Crippen LogP contribution in [-0.4, -0.2) is 24.0 Å². The monoisotopic (exact) mass is 241 g/mol. The fourth-order valence-corrected chi connectivity index (χ4v) is 2.41. The van der Waals surface area contributed by atoms with Crippen molar-refractivity contribution in [1.29, 1.82) is 0 Å². The molecule has 0 unspecified atom stereocenters. The van der Waals surface area contributed by atoms with Crippen LogP contribution in [0.2, 0.25) is 0 Å². The number of amides is 1. The molecular weight excluding hydrogens is 218 g/mol. The first-order valence-electron chi connectivity index (χ1n) is 6.53. The smallest absolute Gasteiger partial charge is 0.397 e. The molecule has 0 heterocycles. The summed E-state index contributed by atoms with van der Waals surface area (Å²) in [6.07, 6.45) is 5.07. The van der Waals surface area contributed by atoms with Crippen LogP contribution in [0.15, 0.2) is 0 Å². The minimum atomic E-state index is -0.734. The summed E-state index contributed by atoms with van der Waals surface area (Å²) in [5.41, 5.74) is -0.430. The molecule has 98 valence electrons. The maximum absolute atomic E-state index is 11.7. The standard InChI is InChI=1S/C13H23NO3/c1-4-14-11(15)12(16)17-13(10(2)3)8-6-5-7-9-13/h10H,4-9H2,1-3H3,(H,14,15). The number of hydrogen-bond acceptors (Lipinski definition) is 3. The van der Waals surface area contributed by atoms with Crippen molar-refractivity contribution in [2.75, 3.05) is 6.54 Å². The van der Waals surface area contributed by atoms with E-state index in [1.165, 1.54) is 6.42 Å². The molecule has 1 fully saturated rings. The molecule has 0 aromatic heterocycles. The normalized spacial score (nSPS) is 18.8. The first kappa shape index (κ1) is 14.0. The largest absolute Gasteiger partial charge is 0.452 e. The van der Waals surface area contributed by atoms with E-state index in [-0.39, 0.29) is 5.92 Å². The second-order valence-corrected chi connectivity index (χ2v) is 5.03. The van der Waals surface area contributed by atoms with Gasteiger partial charge >= 0.3 is 11.9 Å². The molecule has 0 spiro atoms. The molecule has 1 saturated carbocycles. The zero-order valence-corrected chi connectivity index (χ0v) is 11.0. The molecule has 17 heavy (non-hydrogen) atoms. The molecule has 0 saturated heterocycles. The molecule has 0 radical (unpaired) electrons. The lowest BCUT2D eigenvalue weighted by Crippen LogP contribution is -2.45. The fraction of sp³-hybridized carbons (Fsp3) is 0.846. The van der Waals surface area contributed by atoms with Crippen molar-refractivity contribution in [2.24, 2.45) is 5.92 Å². The SMILES string of the molecule is CCNC(=O)C(=O)OC1(C(C)C)CCCCC1. The van der Waals surface area contributed by atoms with Crippen LogP contribution in [0.1, 0.15) is 52.9 Å². The van der Waals surface area contributed by atoms with Gasteiger partial charge in [0, 0.05) is 6.54 Å². The molecule has 0 bridgehead atoms. The van der Waals surface area contributed by atoms with Crippen molar-refractivity contribution < 1.29 is 14.3 Å². The third-order valence-electron chi connectivity index (χ3n) is 3.57. The summed E-state index contributed by atoms with van der Waals surface area (Å²) in [6, 6.07) is 0. The summed E-state index contributed by atoms with van der Waals surface area (Å²) in [7, 11) is 0. The molecule has 1 aliphatic carbocycles. The van der Waals surface area contributed by atoms with Gasteiger partial charge in [0.05, 0.1) is 0 Å². The minimum Gasteiger partial charge on any atom is -0.452 e. The van der Waals surface area contributed by atoms with Gasteiger partial charge in [-0.05, 0) is 38.5 Å². The molecule has 4 heteroatoms. The Balaban J connectivity index is 2.66. The summed E-state index contributed by atoms with van der Waals surface area (Å²) in [6.45, 7) is 6.33. The van der Waals surface area contributed by atoms with Gasteiger partial charge < -0.3 is 10.1 Å². The van der Waals surface area contributed by atoms with E-state index in [1.54, 1.807) is 6.92 Å². The Kier molecular flexibility index (Phi) is 4.97. The minimum absolute atomic E-state index is 0.251. The maximum atomic E-state index is 11.7. The maximum Gasteiger partial charge on any atom is 0.397 e. The number of rotatable bonds is 3. The van der Waals surface area contributed by atoms with Crippen molar-refractivity contribution in [3.63, 3.8) is 0 Å². The first-order valence-corrected chi connectivity index (χ1v) is 6.53. The van der Waals surface area contributed by atoms with Gasteiger partial charge in [-0.3, -0.25) is 4.79 Å². The van der Waals surface area contributed by atoms with E-state index in [4.69, 9.17) is 4.74 Å². The molecule has 0 aromatic carbocycles. The van der Waals surface area contributed by atoms with E-state index >= 15 is 0 Å². The predicted molar refractivity (Wildman–Crippen MR) is 65.4 cm³/mol. The molecular formula is C13H23NO3. The third-order valence-corrected chi connectivity index (χ3v) is 3.57. The summed E-state index contributed by atoms with van der Waals surface area (Å²) >= 11 is 0. The lowest BCUT2D eigenvalue weighted by molar-refractivity contribution is -0.175. The van der Waals surface area contributed by atoms with Crippen LogP contribution in [-0.2, 0) is 14.3 Å². The van der Waals surface area contributed by atoms with Crippen LogP contribution in [0.3, 0.4) is 0 Å². The summed E-state index contributed by atoms with van der Waals surface area (Å²) in [5.74, 6) is -1.11. The van der Waals surface area contributed by atoms with Crippen LogP contribution in [0, 0.1) is 5.92 Å². The van der Waals surface area contributed by atoms with Crippen LogP contribution in [0.25, 0.3) is 0 Å². The number of nitrogens with one attached hydrogen (secondary N) is 1. The quantitative estimate of drug-likeness (QED) is 0.607. The Morgan fingerprint density at radius 1 is 1.24 bits per heavy atom. The van der Waals surface area contributed by atoms with Crippen molar-refractivity contribution >= 4 is 11.9 Å². The number of ether oxygens (including phenoxy) is 1. The van der Waals surface area contributed by atoms with Crippen molar-refractivity contribution in [3.05, 3.63) is 0 Å². The zero-order valence-electron chi connectivity index (χ0n) is 11.0. The fourth-order valence-electron chi connectivity index (χ4n) is 2.41. The van der Waals surface area contributed by atoms with Crippen LogP contribution in [0.5, 0.6) is 0 Å². The van der Waals surface area contributed by atoms with E-state index in [1.807, 2.05) is 0 Å². The van der Waals surface area contributed by atoms with Gasteiger partial charge in [0.1, 0.15) is 5.60 Å². The van der Waals surface area contributed by atoms with Gasteiger partial charge in [-0.15, -0.1) is 0 Å². The van der Waals surface area contributed by atoms with Crippen LogP contribution in [0.4, 0.5) is 0 Å². The van der Waals surface area contributed by atoms with E-state index < -0.39 is 17.5 Å². The lowest BCUT2D eigenvalue weighted by atomic mass is 9.77. The summed E-state index contributed by atoms with van der Waals surface area (Å²) < 4.78 is 5.50. The van der Waals surface area contributed by atoms with Crippen LogP contribution < -0.4 is 5.32 Å². The van der Waals surface area contributed by atoms with E-state index in [0.29, 0.717) is 6.54 Å². The van der Waals surface area contributed by atoms with E-state index in [2.05, 4.69) is 19.2 Å². The van der Waals surface area contributed by atoms with Crippen molar-refractivity contribution in [2.45, 2.75) is 58.5 Å². The van der Waals surface area contributed by atoms with Gasteiger partial charge in [-0.1, -0.05) is 20.3 Å². The van der Waals surface area contributed by atoms with Crippen molar-refractivity contribution in [1.82, 2.24) is 5.32 Å². The molecule has 0 atom stereocenters. The van der Waals surface area contributed by atoms with E-state index in [0.717, 1.165) is 25.7 Å². The Labute approximate surface area is 103 Å². The number of esters is 1. The second kappa shape index (κ2) is 6.03. The second-order valence-electron chi connectivity index (χ2n) is 5.03. The molecule has 1 amide bonds. The van der Waals surface area contributed by atoms with Gasteiger partial charge in [0.15, 0.2) is 0 Å². The summed E-state index contributed by atoms with van der Waals surface area (Å²) in [5, 5.41) is 2.48. The molecule has 0 aliphatic heterocycles. The Morgan fingerprint density at radius 3 is 2.29 bits per heavy atom. The predicted octanol–water partition coefficient (Wildman–Crippen LogP) is 2.02. The number of likely N-dealkylation sites (N-methyl/N-ethyl adjacent to an activating group) is 1. The highest BCUT2D eigenvalue weighted by Crippen LogP contribution is 2.37. The topological polar surface area (TPSA) is 55.4 Å². The zero-order chi connectivity index (χ0) is 12.9. The Hall–Kier alpha value is -1.06. The average Bonchev–Trinajstić information content (AvgIpc) is 2.30. The molecule has 4 nitrogen and oxygen atoms in total. The van der Waals surface area contributed by atoms with E-state index in [9.17, 15) is 9.59 Å². The molecule has 1 rings (SSSR count). The highest BCUT2D eigenvalue weighted by molar-refractivity contribution is 6.32. The summed E-state index contributed by atoms with van der Waals surface area (Å²) in [4.78, 5) is 23.1. The Morgan fingerprint density at radius 2 is 1.82 bits per heavy atom. The van der Waals surface area contributed by atoms with Gasteiger partial charge in [-0.25, -0.2) is 4.79 Å². The van der Waals surface area contributed by atoms with Crippen LogP contribution >= 0.6 is 0 Å². The Bertz CT molecular complexity index is 280. The molecule has 1 N–H and O–H groups in total. The number of carbonyl (C=O) groups excluding carboxylic acids is 2.